The van der Waals surface area contributed by atoms with Gasteiger partial charge in [0.1, 0.15) is 11.8 Å². The van der Waals surface area contributed by atoms with E-state index in [1.165, 1.54) is 4.90 Å². The summed E-state index contributed by atoms with van der Waals surface area (Å²) >= 11 is 0. The Morgan fingerprint density at radius 3 is 2.76 bits per heavy atom. The van der Waals surface area contributed by atoms with Crippen molar-refractivity contribution in [2.24, 2.45) is 18.9 Å². The molecule has 132 valence electrons. The minimum Gasteiger partial charge on any atom is -0.473 e. The van der Waals surface area contributed by atoms with E-state index in [4.69, 9.17) is 9.84 Å². The highest BCUT2D eigenvalue weighted by Crippen LogP contribution is 2.40. The van der Waals surface area contributed by atoms with Crippen molar-refractivity contribution in [2.75, 3.05) is 13.1 Å². The quantitative estimate of drug-likeness (QED) is 0.915. The van der Waals surface area contributed by atoms with Crippen molar-refractivity contribution in [3.05, 3.63) is 23.9 Å². The molecule has 1 saturated carbocycles. The maximum Gasteiger partial charge on any atom is 0.407 e. The first-order chi connectivity index (χ1) is 12.0. The minimum atomic E-state index is -0.844. The van der Waals surface area contributed by atoms with Gasteiger partial charge in [-0.15, -0.1) is 10.2 Å². The summed E-state index contributed by atoms with van der Waals surface area (Å²) in [6.45, 7) is 3.15. The van der Waals surface area contributed by atoms with Gasteiger partial charge in [-0.1, -0.05) is 0 Å². The largest absolute Gasteiger partial charge is 0.473 e. The van der Waals surface area contributed by atoms with E-state index in [0.29, 0.717) is 24.9 Å². The second-order valence-electron chi connectivity index (χ2n) is 6.90. The monoisotopic (exact) mass is 343 g/mol. The average molecular weight is 343 g/mol. The number of aromatic nitrogens is 4. The van der Waals surface area contributed by atoms with Crippen LogP contribution in [0.4, 0.5) is 4.79 Å². The molecule has 25 heavy (non-hydrogen) atoms. The molecule has 0 spiro atoms. The SMILES string of the molecule is Cc1cnn(C)c1-c1ccc(OC2CCC3CN(C(=O)O)CC32)nn1. The van der Waals surface area contributed by atoms with Crippen LogP contribution < -0.4 is 4.74 Å². The van der Waals surface area contributed by atoms with Gasteiger partial charge in [0.2, 0.25) is 5.88 Å². The lowest BCUT2D eigenvalue weighted by Crippen LogP contribution is -2.31. The van der Waals surface area contributed by atoms with Crippen LogP contribution in [-0.2, 0) is 7.05 Å². The molecular formula is C17H21N5O3. The number of amides is 1. The van der Waals surface area contributed by atoms with Crippen LogP contribution in [0.1, 0.15) is 18.4 Å². The third-order valence-electron chi connectivity index (χ3n) is 5.34. The Morgan fingerprint density at radius 1 is 1.28 bits per heavy atom. The van der Waals surface area contributed by atoms with Gasteiger partial charge < -0.3 is 14.7 Å². The van der Waals surface area contributed by atoms with E-state index in [1.807, 2.05) is 26.1 Å². The summed E-state index contributed by atoms with van der Waals surface area (Å²) in [5.41, 5.74) is 2.74. The molecule has 2 aliphatic rings. The first-order valence-electron chi connectivity index (χ1n) is 8.50. The fraction of sp³-hybridized carbons (Fsp3) is 0.529. The molecule has 0 bridgehead atoms. The van der Waals surface area contributed by atoms with Gasteiger partial charge in [-0.2, -0.15) is 5.10 Å². The molecule has 4 rings (SSSR count). The molecule has 1 saturated heterocycles. The van der Waals surface area contributed by atoms with E-state index in [2.05, 4.69) is 15.3 Å². The van der Waals surface area contributed by atoms with Crippen LogP contribution in [0.15, 0.2) is 18.3 Å². The minimum absolute atomic E-state index is 0.00735. The Hall–Kier alpha value is -2.64. The normalized spacial score (nSPS) is 25.2. The molecular weight excluding hydrogens is 322 g/mol. The third kappa shape index (κ3) is 2.81. The lowest BCUT2D eigenvalue weighted by Gasteiger charge is -2.20. The zero-order valence-corrected chi connectivity index (χ0v) is 14.3. The summed E-state index contributed by atoms with van der Waals surface area (Å²) in [4.78, 5) is 12.6. The van der Waals surface area contributed by atoms with Crippen LogP contribution in [0.3, 0.4) is 0 Å². The Kier molecular flexibility index (Phi) is 3.82. The zero-order chi connectivity index (χ0) is 17.6. The smallest absolute Gasteiger partial charge is 0.407 e. The van der Waals surface area contributed by atoms with Gasteiger partial charge in [-0.3, -0.25) is 4.68 Å². The van der Waals surface area contributed by atoms with Crippen LogP contribution in [0.2, 0.25) is 0 Å². The maximum atomic E-state index is 11.2. The number of ether oxygens (including phenoxy) is 1. The molecule has 3 unspecified atom stereocenters. The molecule has 2 aromatic heterocycles. The van der Waals surface area contributed by atoms with Gasteiger partial charge >= 0.3 is 6.09 Å². The van der Waals surface area contributed by atoms with Crippen LogP contribution in [0, 0.1) is 18.8 Å². The molecule has 3 heterocycles. The summed E-state index contributed by atoms with van der Waals surface area (Å²) in [6.07, 6.45) is 2.90. The Morgan fingerprint density at radius 2 is 2.12 bits per heavy atom. The van der Waals surface area contributed by atoms with Gasteiger partial charge in [-0.25, -0.2) is 4.79 Å². The van der Waals surface area contributed by atoms with Gasteiger partial charge in [0.15, 0.2) is 0 Å². The number of aryl methyl sites for hydroxylation is 2. The summed E-state index contributed by atoms with van der Waals surface area (Å²) in [7, 11) is 1.88. The van der Waals surface area contributed by atoms with Gasteiger partial charge in [0.05, 0.1) is 11.9 Å². The van der Waals surface area contributed by atoms with Crippen LogP contribution in [-0.4, -0.2) is 55.3 Å². The summed E-state index contributed by atoms with van der Waals surface area (Å²) in [5, 5.41) is 21.9. The molecule has 1 aliphatic heterocycles. The molecule has 1 amide bonds. The van der Waals surface area contributed by atoms with Gasteiger partial charge in [0, 0.05) is 32.1 Å². The van der Waals surface area contributed by atoms with E-state index < -0.39 is 6.09 Å². The van der Waals surface area contributed by atoms with Crippen molar-refractivity contribution in [2.45, 2.75) is 25.9 Å². The number of rotatable bonds is 3. The molecule has 8 heteroatoms. The van der Waals surface area contributed by atoms with Crippen molar-refractivity contribution >= 4 is 6.09 Å². The second kappa shape index (κ2) is 6.02. The van der Waals surface area contributed by atoms with Crippen molar-refractivity contribution in [3.8, 4) is 17.3 Å². The molecule has 2 fully saturated rings. The maximum absolute atomic E-state index is 11.2. The van der Waals surface area contributed by atoms with Crippen molar-refractivity contribution in [1.82, 2.24) is 24.9 Å². The molecule has 1 aliphatic carbocycles. The number of carbonyl (C=O) groups is 1. The fourth-order valence-electron chi connectivity index (χ4n) is 4.10. The molecule has 3 atom stereocenters. The fourth-order valence-corrected chi connectivity index (χ4v) is 4.10. The van der Waals surface area contributed by atoms with Crippen molar-refractivity contribution in [1.29, 1.82) is 0 Å². The van der Waals surface area contributed by atoms with E-state index in [1.54, 1.807) is 10.9 Å². The number of fused-ring (bicyclic) bond motifs is 1. The Bertz CT molecular complexity index is 769. The summed E-state index contributed by atoms with van der Waals surface area (Å²) < 4.78 is 7.81. The average Bonchev–Trinajstić information content (AvgIpc) is 3.25. The predicted octanol–water partition coefficient (Wildman–Crippen LogP) is 1.95. The van der Waals surface area contributed by atoms with Gasteiger partial charge in [-0.05, 0) is 37.3 Å². The van der Waals surface area contributed by atoms with Crippen LogP contribution >= 0.6 is 0 Å². The van der Waals surface area contributed by atoms with Gasteiger partial charge in [0.25, 0.3) is 0 Å². The highest BCUT2D eigenvalue weighted by molar-refractivity contribution is 5.65. The van der Waals surface area contributed by atoms with E-state index >= 15 is 0 Å². The molecule has 8 nitrogen and oxygen atoms in total. The Balaban J connectivity index is 1.46. The lowest BCUT2D eigenvalue weighted by molar-refractivity contribution is 0.130. The number of nitrogens with zero attached hydrogens (tertiary/aromatic N) is 5. The molecule has 1 N–H and O–H groups in total. The predicted molar refractivity (Wildman–Crippen MR) is 89.2 cm³/mol. The topological polar surface area (TPSA) is 93.4 Å². The van der Waals surface area contributed by atoms with Crippen molar-refractivity contribution < 1.29 is 14.6 Å². The summed E-state index contributed by atoms with van der Waals surface area (Å²) in [5.74, 6) is 1.13. The number of hydrogen-bond donors (Lipinski definition) is 1. The standard InChI is InChI=1S/C17H21N5O3/c1-10-7-18-21(2)16(10)13-4-6-15(20-19-13)25-14-5-3-11-8-22(17(23)24)9-12(11)14/h4,6-7,11-12,14H,3,5,8-9H2,1-2H3,(H,23,24). The van der Waals surface area contributed by atoms with E-state index in [0.717, 1.165) is 29.8 Å². The highest BCUT2D eigenvalue weighted by Gasteiger charge is 2.45. The van der Waals surface area contributed by atoms with E-state index in [-0.39, 0.29) is 12.0 Å². The van der Waals surface area contributed by atoms with Crippen LogP contribution in [0.5, 0.6) is 5.88 Å². The van der Waals surface area contributed by atoms with Crippen LogP contribution in [0.25, 0.3) is 11.4 Å². The molecule has 0 aromatic carbocycles. The zero-order valence-electron chi connectivity index (χ0n) is 14.3. The first kappa shape index (κ1) is 15.9. The lowest BCUT2D eigenvalue weighted by atomic mass is 9.99. The highest BCUT2D eigenvalue weighted by atomic mass is 16.5. The Labute approximate surface area is 145 Å². The molecule has 0 radical (unpaired) electrons. The molecule has 2 aromatic rings. The second-order valence-corrected chi connectivity index (χ2v) is 6.90. The number of carboxylic acid groups (broad SMARTS) is 1. The number of likely N-dealkylation sites (tertiary alicyclic amines) is 1. The van der Waals surface area contributed by atoms with Crippen molar-refractivity contribution in [3.63, 3.8) is 0 Å². The van der Waals surface area contributed by atoms with E-state index in [9.17, 15) is 4.79 Å². The first-order valence-corrected chi connectivity index (χ1v) is 8.50. The summed E-state index contributed by atoms with van der Waals surface area (Å²) in [6, 6.07) is 3.71. The third-order valence-corrected chi connectivity index (χ3v) is 5.34. The number of hydrogen-bond acceptors (Lipinski definition) is 5.